The van der Waals surface area contributed by atoms with Gasteiger partial charge in [0.05, 0.1) is 47.5 Å². The van der Waals surface area contributed by atoms with Crippen molar-refractivity contribution in [2.75, 3.05) is 25.5 Å². The van der Waals surface area contributed by atoms with Crippen molar-refractivity contribution in [3.8, 4) is 11.8 Å². The summed E-state index contributed by atoms with van der Waals surface area (Å²) in [4.78, 5) is 30.8. The number of nitrogens with zero attached hydrogens (tertiary/aromatic N) is 3. The third-order valence-electron chi connectivity index (χ3n) is 11.8. The number of hydrogen-bond acceptors (Lipinski definition) is 12. The molecule has 2 saturated heterocycles. The van der Waals surface area contributed by atoms with Gasteiger partial charge in [-0.15, -0.1) is 0 Å². The van der Waals surface area contributed by atoms with Crippen LogP contribution in [0.3, 0.4) is 0 Å². The average molecular weight is 797 g/mol. The van der Waals surface area contributed by atoms with Crippen molar-refractivity contribution in [1.29, 1.82) is 5.26 Å². The van der Waals surface area contributed by atoms with Crippen LogP contribution in [0, 0.1) is 29.1 Å². The van der Waals surface area contributed by atoms with Crippen LogP contribution >= 0.6 is 0 Å². The maximum Gasteiger partial charge on any atom is 0.324 e. The van der Waals surface area contributed by atoms with Crippen molar-refractivity contribution in [3.05, 3.63) is 60.2 Å². The highest BCUT2D eigenvalue weighted by Crippen LogP contribution is 2.37. The molecule has 57 heavy (non-hydrogen) atoms. The van der Waals surface area contributed by atoms with E-state index >= 15 is 0 Å². The number of carbonyl (C=O) groups excluding carboxylic acids is 2. The van der Waals surface area contributed by atoms with Crippen molar-refractivity contribution in [3.63, 3.8) is 0 Å². The van der Waals surface area contributed by atoms with Crippen LogP contribution in [0.5, 0.6) is 5.75 Å². The summed E-state index contributed by atoms with van der Waals surface area (Å²) in [6.45, 7) is 13.8. The molecule has 0 bridgehead atoms. The minimum atomic E-state index is -1.81. The number of para-hydroxylation sites is 1. The van der Waals surface area contributed by atoms with Crippen molar-refractivity contribution in [2.45, 2.75) is 141 Å². The normalized spacial score (nSPS) is 37.1. The number of ether oxygens (including phenoxy) is 4. The molecule has 4 rings (SSSR count). The lowest BCUT2D eigenvalue weighted by Crippen LogP contribution is -2.62. The second-order valence-electron chi connectivity index (χ2n) is 16.7. The van der Waals surface area contributed by atoms with Gasteiger partial charge in [0, 0.05) is 31.7 Å². The van der Waals surface area contributed by atoms with Gasteiger partial charge in [0.1, 0.15) is 23.6 Å². The fraction of sp³-hybridized carbons (Fsp3) is 0.651. The molecule has 5 N–H and O–H groups in total. The van der Waals surface area contributed by atoms with Gasteiger partial charge in [0.2, 0.25) is 0 Å². The molecule has 0 aromatic heterocycles. The summed E-state index contributed by atoms with van der Waals surface area (Å²) >= 11 is 0. The summed E-state index contributed by atoms with van der Waals surface area (Å²) in [5.74, 6) is -2.65. The van der Waals surface area contributed by atoms with Crippen LogP contribution in [0.25, 0.3) is 0 Å². The predicted octanol–water partition coefficient (Wildman–Crippen LogP) is 4.22. The molecule has 2 amide bonds. The number of rotatable bonds is 7. The smallest absolute Gasteiger partial charge is 0.324 e. The molecule has 0 saturated carbocycles. The summed E-state index contributed by atoms with van der Waals surface area (Å²) in [5, 5.41) is 59.6. The highest BCUT2D eigenvalue weighted by Gasteiger charge is 2.51. The molecule has 0 aliphatic carbocycles. The van der Waals surface area contributed by atoms with Gasteiger partial charge in [0.15, 0.2) is 12.4 Å². The largest absolute Gasteiger partial charge is 0.483 e. The molecule has 14 heteroatoms. The fourth-order valence-electron chi connectivity index (χ4n) is 8.25. The Hall–Kier alpha value is -3.81. The first-order chi connectivity index (χ1) is 26.7. The van der Waals surface area contributed by atoms with E-state index in [1.807, 2.05) is 44.2 Å². The monoisotopic (exact) mass is 796 g/mol. The number of aliphatic hydroxyl groups is 4. The van der Waals surface area contributed by atoms with E-state index in [4.69, 9.17) is 18.9 Å². The highest BCUT2D eigenvalue weighted by atomic mass is 16.7. The van der Waals surface area contributed by atoms with Gasteiger partial charge in [-0.25, -0.2) is 4.79 Å². The Kier molecular flexibility index (Phi) is 15.5. The van der Waals surface area contributed by atoms with E-state index in [1.165, 1.54) is 18.7 Å². The standard InChI is InChI=1S/C43H64N4O10/c1-11-34-43(8,53)37(49)29(6)45-24-25(2)22-42(7,52)38(27(4)35(48)28(5)39(50)56-34)57-40-36(55-32-19-17-30(23-44)18-20-32)33(21-26(3)54-40)47(10)41(51)46(9)31-15-13-12-14-16-31/h12-20,25-29,33-38,40,45,48-49,52-53H,11,21-22,24H2,1-10H3/t25-,26-,27+,28-,29-,33+,34-,35+,36-,37-,38-,40+,42-,43-/m1/s1. The third kappa shape index (κ3) is 10.8. The Labute approximate surface area is 337 Å². The third-order valence-corrected chi connectivity index (χ3v) is 11.8. The van der Waals surface area contributed by atoms with Gasteiger partial charge in [-0.1, -0.05) is 39.0 Å². The zero-order valence-electron chi connectivity index (χ0n) is 35.0. The molecule has 2 fully saturated rings. The summed E-state index contributed by atoms with van der Waals surface area (Å²) in [6.07, 6.45) is -6.87. The van der Waals surface area contributed by atoms with Crippen LogP contribution in [0.2, 0.25) is 0 Å². The maximum absolute atomic E-state index is 14.1. The molecule has 0 spiro atoms. The molecule has 316 valence electrons. The predicted molar refractivity (Wildman–Crippen MR) is 214 cm³/mol. The lowest BCUT2D eigenvalue weighted by molar-refractivity contribution is -0.293. The van der Waals surface area contributed by atoms with Gasteiger partial charge in [0.25, 0.3) is 0 Å². The summed E-state index contributed by atoms with van der Waals surface area (Å²) < 4.78 is 25.7. The second-order valence-corrected chi connectivity index (χ2v) is 16.7. The molecular formula is C43H64N4O10. The number of benzene rings is 2. The number of hydrogen-bond donors (Lipinski definition) is 5. The zero-order chi connectivity index (χ0) is 42.4. The first-order valence-corrected chi connectivity index (χ1v) is 20.0. The zero-order valence-corrected chi connectivity index (χ0v) is 35.0. The quantitative estimate of drug-likeness (QED) is 0.251. The van der Waals surface area contributed by atoms with E-state index in [0.717, 1.165) is 0 Å². The van der Waals surface area contributed by atoms with Gasteiger partial charge < -0.3 is 49.6 Å². The van der Waals surface area contributed by atoms with E-state index in [9.17, 15) is 35.3 Å². The fourth-order valence-corrected chi connectivity index (χ4v) is 8.25. The van der Waals surface area contributed by atoms with Gasteiger partial charge in [-0.3, -0.25) is 9.69 Å². The number of nitriles is 1. The molecule has 2 aliphatic heterocycles. The Bertz CT molecular complexity index is 1650. The molecule has 14 atom stereocenters. The van der Waals surface area contributed by atoms with Gasteiger partial charge in [-0.05, 0) is 103 Å². The molecule has 2 aliphatic rings. The Morgan fingerprint density at radius 1 is 1.02 bits per heavy atom. The second kappa shape index (κ2) is 19.3. The van der Waals surface area contributed by atoms with Crippen LogP contribution < -0.4 is 15.0 Å². The van der Waals surface area contributed by atoms with Gasteiger partial charge >= 0.3 is 12.0 Å². The highest BCUT2D eigenvalue weighted by molar-refractivity contribution is 5.91. The van der Waals surface area contributed by atoms with E-state index in [0.29, 0.717) is 30.0 Å². The summed E-state index contributed by atoms with van der Waals surface area (Å²) in [6, 6.07) is 16.3. The first kappa shape index (κ1) is 45.9. The Balaban J connectivity index is 1.76. The van der Waals surface area contributed by atoms with E-state index in [-0.39, 0.29) is 24.8 Å². The maximum atomic E-state index is 14.1. The number of amides is 2. The van der Waals surface area contributed by atoms with E-state index in [1.54, 1.807) is 71.0 Å². The van der Waals surface area contributed by atoms with Crippen molar-refractivity contribution >= 4 is 17.7 Å². The van der Waals surface area contributed by atoms with E-state index < -0.39 is 84.0 Å². The number of likely N-dealkylation sites (N-methyl/N-ethyl adjacent to an activating group) is 1. The van der Waals surface area contributed by atoms with Crippen molar-refractivity contribution in [2.24, 2.45) is 17.8 Å². The number of esters is 1. The average Bonchev–Trinajstić information content (AvgIpc) is 3.19. The van der Waals surface area contributed by atoms with Crippen molar-refractivity contribution in [1.82, 2.24) is 10.2 Å². The SMILES string of the molecule is CC[C@H]1OC(=O)[C@H](C)[C@@H](O)[C@H](C)[C@@H](O[C@@H]2O[C@H](C)C[C@H](N(C)C(=O)N(C)c3ccccc3)[C@H]2Oc2ccc(C#N)cc2)[C@](C)(O)C[C@@H](C)CN[C@H](C)[C@@H](O)[C@]1(C)O. The minimum absolute atomic E-state index is 0.157. The molecule has 14 nitrogen and oxygen atoms in total. The van der Waals surface area contributed by atoms with Crippen LogP contribution in [-0.4, -0.2) is 124 Å². The van der Waals surface area contributed by atoms with Crippen LogP contribution in [-0.2, 0) is 19.0 Å². The number of urea groups is 1. The summed E-state index contributed by atoms with van der Waals surface area (Å²) in [7, 11) is 3.37. The Morgan fingerprint density at radius 3 is 2.25 bits per heavy atom. The number of aliphatic hydroxyl groups excluding tert-OH is 2. The molecule has 2 aromatic rings. The molecule has 0 unspecified atom stereocenters. The molecular weight excluding hydrogens is 732 g/mol. The van der Waals surface area contributed by atoms with Gasteiger partial charge in [-0.2, -0.15) is 5.26 Å². The number of carbonyl (C=O) groups is 2. The summed E-state index contributed by atoms with van der Waals surface area (Å²) in [5.41, 5.74) is -2.33. The first-order valence-electron chi connectivity index (χ1n) is 20.0. The number of cyclic esters (lactones) is 1. The molecule has 2 heterocycles. The minimum Gasteiger partial charge on any atom is -0.483 e. The van der Waals surface area contributed by atoms with Crippen molar-refractivity contribution < 1.29 is 49.0 Å². The lowest BCUT2D eigenvalue weighted by Gasteiger charge is -2.48. The molecule has 0 radical (unpaired) electrons. The topological polar surface area (TPSA) is 194 Å². The van der Waals surface area contributed by atoms with Crippen LogP contribution in [0.1, 0.15) is 80.2 Å². The van der Waals surface area contributed by atoms with E-state index in [2.05, 4.69) is 11.4 Å². The number of nitrogens with one attached hydrogen (secondary N) is 1. The van der Waals surface area contributed by atoms with Crippen LogP contribution in [0.4, 0.5) is 10.5 Å². The van der Waals surface area contributed by atoms with Crippen LogP contribution in [0.15, 0.2) is 54.6 Å². The lowest BCUT2D eigenvalue weighted by atomic mass is 9.78. The number of anilines is 1. The Morgan fingerprint density at radius 2 is 1.65 bits per heavy atom. The molecule has 2 aromatic carbocycles.